The van der Waals surface area contributed by atoms with Gasteiger partial charge >= 0.3 is 0 Å². The Labute approximate surface area is 122 Å². The van der Waals surface area contributed by atoms with Crippen molar-refractivity contribution < 1.29 is 8.42 Å². The largest absolute Gasteiger partial charge is 0.330 e. The smallest absolute Gasteiger partial charge is 0.154 e. The topological polar surface area (TPSA) is 86.2 Å². The van der Waals surface area contributed by atoms with E-state index in [2.05, 4.69) is 15.9 Å². The van der Waals surface area contributed by atoms with Gasteiger partial charge in [-0.25, -0.2) is 8.42 Å². The number of halogens is 1. The van der Waals surface area contributed by atoms with E-state index in [1.165, 1.54) is 0 Å². The Bertz CT molecular complexity index is 553. The van der Waals surface area contributed by atoms with E-state index in [1.807, 2.05) is 24.3 Å². The summed E-state index contributed by atoms with van der Waals surface area (Å²) >= 11 is 3.38. The van der Waals surface area contributed by atoms with Crippen LogP contribution in [0.3, 0.4) is 0 Å². The molecule has 0 radical (unpaired) electrons. The third kappa shape index (κ3) is 2.35. The van der Waals surface area contributed by atoms with Gasteiger partial charge in [0, 0.05) is 34.6 Å². The van der Waals surface area contributed by atoms with Gasteiger partial charge in [-0.2, -0.15) is 0 Å². The monoisotopic (exact) mass is 346 g/mol. The van der Waals surface area contributed by atoms with E-state index in [0.29, 0.717) is 13.1 Å². The molecular weight excluding hydrogens is 328 g/mol. The molecule has 0 spiro atoms. The molecule has 1 saturated carbocycles. The van der Waals surface area contributed by atoms with Gasteiger partial charge in [0.2, 0.25) is 0 Å². The van der Waals surface area contributed by atoms with E-state index in [4.69, 9.17) is 11.5 Å². The van der Waals surface area contributed by atoms with Crippen molar-refractivity contribution in [1.82, 2.24) is 0 Å². The van der Waals surface area contributed by atoms with Crippen molar-refractivity contribution in [2.75, 3.05) is 18.8 Å². The Morgan fingerprint density at radius 2 is 1.74 bits per heavy atom. The van der Waals surface area contributed by atoms with Crippen molar-refractivity contribution in [3.05, 3.63) is 34.3 Å². The molecule has 0 unspecified atom stereocenters. The zero-order valence-corrected chi connectivity index (χ0v) is 13.2. The van der Waals surface area contributed by atoms with E-state index in [9.17, 15) is 8.42 Å². The molecule has 0 aliphatic heterocycles. The highest BCUT2D eigenvalue weighted by Gasteiger charge is 2.68. The molecule has 0 aromatic heterocycles. The van der Waals surface area contributed by atoms with Gasteiger partial charge in [0.25, 0.3) is 0 Å². The third-order valence-corrected chi connectivity index (χ3v) is 7.01. The van der Waals surface area contributed by atoms with Gasteiger partial charge in [0.15, 0.2) is 9.84 Å². The van der Waals surface area contributed by atoms with E-state index in [1.54, 1.807) is 6.92 Å². The molecule has 4 nitrogen and oxygen atoms in total. The second-order valence-electron chi connectivity index (χ2n) is 5.04. The molecule has 1 aliphatic carbocycles. The first-order valence-corrected chi connectivity index (χ1v) is 8.81. The molecule has 0 amide bonds. The van der Waals surface area contributed by atoms with Crippen molar-refractivity contribution in [1.29, 1.82) is 0 Å². The Kier molecular flexibility index (Phi) is 4.07. The first-order valence-electron chi connectivity index (χ1n) is 6.30. The van der Waals surface area contributed by atoms with Crippen molar-refractivity contribution >= 4 is 25.8 Å². The molecule has 19 heavy (non-hydrogen) atoms. The highest BCUT2D eigenvalue weighted by atomic mass is 79.9. The summed E-state index contributed by atoms with van der Waals surface area (Å²) in [4.78, 5) is 0. The Morgan fingerprint density at radius 1 is 1.21 bits per heavy atom. The average molecular weight is 347 g/mol. The van der Waals surface area contributed by atoms with Gasteiger partial charge < -0.3 is 11.5 Å². The summed E-state index contributed by atoms with van der Waals surface area (Å²) in [5.74, 6) is 0.0486. The number of nitrogens with two attached hydrogens (primary N) is 2. The molecule has 0 saturated heterocycles. The maximum Gasteiger partial charge on any atom is 0.154 e. The Morgan fingerprint density at radius 3 is 2.16 bits per heavy atom. The molecule has 1 aromatic carbocycles. The van der Waals surface area contributed by atoms with Crippen LogP contribution in [0.15, 0.2) is 28.7 Å². The van der Waals surface area contributed by atoms with Gasteiger partial charge in [-0.15, -0.1) is 0 Å². The molecule has 1 aliphatic rings. The van der Waals surface area contributed by atoms with Crippen LogP contribution in [0.4, 0.5) is 0 Å². The molecule has 4 N–H and O–H groups in total. The van der Waals surface area contributed by atoms with Crippen LogP contribution in [0.2, 0.25) is 0 Å². The van der Waals surface area contributed by atoms with Crippen molar-refractivity contribution in [2.45, 2.75) is 18.1 Å². The first kappa shape index (κ1) is 15.0. The van der Waals surface area contributed by atoms with Crippen LogP contribution in [0.5, 0.6) is 0 Å². The lowest BCUT2D eigenvalue weighted by molar-refractivity contribution is 0.510. The molecule has 2 rings (SSSR count). The second-order valence-corrected chi connectivity index (χ2v) is 8.37. The summed E-state index contributed by atoms with van der Waals surface area (Å²) in [6.45, 7) is 2.27. The fourth-order valence-electron chi connectivity index (χ4n) is 2.94. The van der Waals surface area contributed by atoms with Gasteiger partial charge in [-0.1, -0.05) is 35.0 Å². The van der Waals surface area contributed by atoms with E-state index < -0.39 is 20.5 Å². The fraction of sp³-hybridized carbons (Fsp3) is 0.538. The molecular formula is C13H19BrN2O2S. The van der Waals surface area contributed by atoms with Gasteiger partial charge in [0.1, 0.15) is 0 Å². The quantitative estimate of drug-likeness (QED) is 0.840. The minimum Gasteiger partial charge on any atom is -0.330 e. The van der Waals surface area contributed by atoms with Crippen LogP contribution in [-0.2, 0) is 9.84 Å². The maximum atomic E-state index is 12.2. The summed E-state index contributed by atoms with van der Waals surface area (Å²) in [7, 11) is -3.14. The lowest BCUT2D eigenvalue weighted by Crippen LogP contribution is -2.31. The molecule has 6 heteroatoms. The summed E-state index contributed by atoms with van der Waals surface area (Å²) in [5, 5.41) is -0.443. The molecule has 0 bridgehead atoms. The Balaban J connectivity index is 2.42. The van der Waals surface area contributed by atoms with Crippen molar-refractivity contribution in [2.24, 2.45) is 16.9 Å². The molecule has 1 aromatic rings. The standard InChI is InChI=1S/C13H19BrN2O2S/c1-2-19(17,18)12-11(13(12,7-15)8-16)9-3-5-10(14)6-4-9/h3-6,11-12H,2,7-8,15-16H2,1H3/t11-,12-/m1/s1. The summed E-state index contributed by atoms with van der Waals surface area (Å²) in [6, 6.07) is 7.72. The zero-order valence-electron chi connectivity index (χ0n) is 10.8. The predicted octanol–water partition coefficient (Wildman–Crippen LogP) is 1.25. The lowest BCUT2D eigenvalue weighted by atomic mass is 9.99. The van der Waals surface area contributed by atoms with Crippen molar-refractivity contribution in [3.63, 3.8) is 0 Å². The van der Waals surface area contributed by atoms with Crippen LogP contribution in [-0.4, -0.2) is 32.5 Å². The molecule has 2 atom stereocenters. The fourth-order valence-corrected chi connectivity index (χ4v) is 5.39. The SMILES string of the molecule is CCS(=O)(=O)[C@@H]1[C@@H](c2ccc(Br)cc2)C1(CN)CN. The van der Waals surface area contributed by atoms with Crippen LogP contribution < -0.4 is 11.5 Å². The van der Waals surface area contributed by atoms with Crippen LogP contribution in [0.25, 0.3) is 0 Å². The van der Waals surface area contributed by atoms with Crippen molar-refractivity contribution in [3.8, 4) is 0 Å². The van der Waals surface area contributed by atoms with E-state index >= 15 is 0 Å². The average Bonchev–Trinajstić information content (AvgIpc) is 3.10. The van der Waals surface area contributed by atoms with E-state index in [-0.39, 0.29) is 11.7 Å². The van der Waals surface area contributed by atoms with Gasteiger partial charge in [-0.05, 0) is 17.7 Å². The second kappa shape index (κ2) is 5.16. The molecule has 1 fully saturated rings. The molecule has 106 valence electrons. The normalized spacial score (nSPS) is 25.3. The van der Waals surface area contributed by atoms with Crippen LogP contribution in [0, 0.1) is 5.41 Å². The number of benzene rings is 1. The maximum absolute atomic E-state index is 12.2. The first-order chi connectivity index (χ1) is 8.93. The summed E-state index contributed by atoms with van der Waals surface area (Å²) < 4.78 is 25.4. The minimum atomic E-state index is -3.14. The van der Waals surface area contributed by atoms with E-state index in [0.717, 1.165) is 10.0 Å². The lowest BCUT2D eigenvalue weighted by Gasteiger charge is -2.12. The summed E-state index contributed by atoms with van der Waals surface area (Å²) in [6.07, 6.45) is 0. The highest BCUT2D eigenvalue weighted by Crippen LogP contribution is 2.61. The minimum absolute atomic E-state index is 0.0828. The molecule has 0 heterocycles. The number of rotatable bonds is 5. The summed E-state index contributed by atoms with van der Waals surface area (Å²) in [5.41, 5.74) is 12.2. The number of sulfone groups is 1. The predicted molar refractivity (Wildman–Crippen MR) is 80.7 cm³/mol. The Hall–Kier alpha value is -0.430. The highest BCUT2D eigenvalue weighted by molar-refractivity contribution is 9.10. The third-order valence-electron chi connectivity index (χ3n) is 4.16. The number of hydrogen-bond donors (Lipinski definition) is 2. The van der Waals surface area contributed by atoms with Crippen LogP contribution >= 0.6 is 15.9 Å². The number of hydrogen-bond acceptors (Lipinski definition) is 4. The van der Waals surface area contributed by atoms with Crippen LogP contribution in [0.1, 0.15) is 18.4 Å². The van der Waals surface area contributed by atoms with Gasteiger partial charge in [0.05, 0.1) is 5.25 Å². The zero-order chi connectivity index (χ0) is 14.3. The van der Waals surface area contributed by atoms with Gasteiger partial charge in [-0.3, -0.25) is 0 Å².